The van der Waals surface area contributed by atoms with Gasteiger partial charge in [0.1, 0.15) is 12.1 Å². The number of amides is 3. The number of hydrogen-bond donors (Lipinski definition) is 2. The van der Waals surface area contributed by atoms with Crippen LogP contribution in [-0.4, -0.2) is 65.8 Å². The van der Waals surface area contributed by atoms with E-state index in [0.717, 1.165) is 36.0 Å². The predicted molar refractivity (Wildman–Crippen MR) is 190 cm³/mol. The van der Waals surface area contributed by atoms with Crippen molar-refractivity contribution in [1.29, 1.82) is 0 Å². The summed E-state index contributed by atoms with van der Waals surface area (Å²) in [4.78, 5) is 45.1. The molecule has 0 aliphatic carbocycles. The van der Waals surface area contributed by atoms with Crippen molar-refractivity contribution in [1.82, 2.24) is 15.1 Å². The molecule has 0 bridgehead atoms. The lowest BCUT2D eigenvalue weighted by molar-refractivity contribution is -0.153. The highest BCUT2D eigenvalue weighted by molar-refractivity contribution is 6.30. The number of benzene rings is 4. The normalized spacial score (nSPS) is 15.7. The lowest BCUT2D eigenvalue weighted by Gasteiger charge is -2.42. The Kier molecular flexibility index (Phi) is 11.8. The van der Waals surface area contributed by atoms with Crippen molar-refractivity contribution in [2.24, 2.45) is 5.73 Å². The molecule has 1 unspecified atom stereocenters. The number of carbonyl (C=O) groups excluding carboxylic acids is 3. The van der Waals surface area contributed by atoms with E-state index in [2.05, 4.69) is 35.6 Å². The molecule has 1 aliphatic rings. The third kappa shape index (κ3) is 9.09. The molecular formula is C39H43ClN4O3. The van der Waals surface area contributed by atoms with E-state index in [-0.39, 0.29) is 24.1 Å². The first-order chi connectivity index (χ1) is 22.8. The van der Waals surface area contributed by atoms with Crippen molar-refractivity contribution in [2.45, 2.75) is 51.1 Å². The van der Waals surface area contributed by atoms with E-state index in [9.17, 15) is 14.4 Å². The van der Waals surface area contributed by atoms with Crippen LogP contribution < -0.4 is 11.1 Å². The molecule has 2 atom stereocenters. The van der Waals surface area contributed by atoms with Crippen molar-refractivity contribution in [3.63, 3.8) is 0 Å². The number of fused-ring (bicyclic) bond motifs is 1. The van der Waals surface area contributed by atoms with Gasteiger partial charge in [-0.3, -0.25) is 14.4 Å². The van der Waals surface area contributed by atoms with Gasteiger partial charge in [0.05, 0.1) is 0 Å². The molecule has 47 heavy (non-hydrogen) atoms. The molecule has 1 aliphatic heterocycles. The average molecular weight is 651 g/mol. The molecule has 1 heterocycles. The second kappa shape index (κ2) is 16.4. The molecule has 4 aromatic carbocycles. The van der Waals surface area contributed by atoms with Crippen LogP contribution in [-0.2, 0) is 27.2 Å². The number of nitrogens with two attached hydrogens (primary N) is 1. The Morgan fingerprint density at radius 3 is 2.49 bits per heavy atom. The smallest absolute Gasteiger partial charge is 0.246 e. The van der Waals surface area contributed by atoms with Crippen molar-refractivity contribution < 1.29 is 14.4 Å². The van der Waals surface area contributed by atoms with Gasteiger partial charge in [0, 0.05) is 37.2 Å². The summed E-state index contributed by atoms with van der Waals surface area (Å²) in [5.74, 6) is -0.695. The molecule has 0 aromatic heterocycles. The summed E-state index contributed by atoms with van der Waals surface area (Å²) < 4.78 is 0. The van der Waals surface area contributed by atoms with Gasteiger partial charge >= 0.3 is 0 Å². The lowest BCUT2D eigenvalue weighted by Crippen LogP contribution is -2.62. The van der Waals surface area contributed by atoms with Gasteiger partial charge in [-0.2, -0.15) is 0 Å². The van der Waals surface area contributed by atoms with E-state index in [4.69, 9.17) is 17.3 Å². The highest BCUT2D eigenvalue weighted by Crippen LogP contribution is 2.23. The Morgan fingerprint density at radius 1 is 0.957 bits per heavy atom. The van der Waals surface area contributed by atoms with Crippen molar-refractivity contribution >= 4 is 46.2 Å². The van der Waals surface area contributed by atoms with Crippen LogP contribution >= 0.6 is 11.6 Å². The fourth-order valence-electron chi connectivity index (χ4n) is 6.21. The number of carbonyl (C=O) groups is 3. The summed E-state index contributed by atoms with van der Waals surface area (Å²) >= 11 is 6.22. The minimum atomic E-state index is -0.864. The minimum Gasteiger partial charge on any atom is -0.340 e. The van der Waals surface area contributed by atoms with Gasteiger partial charge in [0.25, 0.3) is 0 Å². The summed E-state index contributed by atoms with van der Waals surface area (Å²) in [5, 5.41) is 5.92. The van der Waals surface area contributed by atoms with Crippen molar-refractivity contribution in [3.8, 4) is 0 Å². The Labute approximate surface area is 282 Å². The fourth-order valence-corrected chi connectivity index (χ4v) is 6.44. The zero-order chi connectivity index (χ0) is 33.2. The predicted octanol–water partition coefficient (Wildman–Crippen LogP) is 5.95. The molecule has 3 amide bonds. The molecule has 0 radical (unpaired) electrons. The van der Waals surface area contributed by atoms with Crippen LogP contribution in [0.2, 0.25) is 5.02 Å². The lowest BCUT2D eigenvalue weighted by atomic mass is 9.97. The molecule has 3 N–H and O–H groups in total. The number of hydrogen-bond acceptors (Lipinski definition) is 4. The van der Waals surface area contributed by atoms with Crippen molar-refractivity contribution in [2.75, 3.05) is 26.2 Å². The zero-order valence-corrected chi connectivity index (χ0v) is 27.7. The topological polar surface area (TPSA) is 95.7 Å². The standard InChI is InChI=1S/C39H43ClN4O3/c1-28-25-34(40)18-17-32(28)27-35(42-37(45)19-15-29-9-3-2-4-10-29)38(46)44-24-23-43(39(47)36(44)13-7-8-21-41)22-20-30-14-16-31-11-5-6-12-33(31)26-30/h2-6,9-12,14-19,25-26,35-36H,7-8,13,20-24,27,41H2,1H3,(H,42,45)/b19-15+/t35-,36?/m1/s1. The number of aryl methyl sites for hydroxylation is 1. The van der Waals surface area contributed by atoms with Gasteiger partial charge < -0.3 is 20.9 Å². The van der Waals surface area contributed by atoms with Gasteiger partial charge in [-0.15, -0.1) is 0 Å². The third-order valence-corrected chi connectivity index (χ3v) is 9.09. The maximum absolute atomic E-state index is 14.4. The minimum absolute atomic E-state index is 0.0564. The highest BCUT2D eigenvalue weighted by Gasteiger charge is 2.39. The summed E-state index contributed by atoms with van der Waals surface area (Å²) in [6.45, 7) is 3.85. The Hall–Kier alpha value is -4.46. The van der Waals surface area contributed by atoms with Crippen LogP contribution in [0.4, 0.5) is 0 Å². The van der Waals surface area contributed by atoms with E-state index in [1.807, 2.05) is 66.4 Å². The number of nitrogens with zero attached hydrogens (tertiary/aromatic N) is 2. The van der Waals surface area contributed by atoms with Gasteiger partial charge in [0.15, 0.2) is 0 Å². The van der Waals surface area contributed by atoms with Crippen molar-refractivity contribution in [3.05, 3.63) is 124 Å². The van der Waals surface area contributed by atoms with E-state index in [1.54, 1.807) is 17.0 Å². The van der Waals surface area contributed by atoms with E-state index >= 15 is 0 Å². The van der Waals surface area contributed by atoms with Gasteiger partial charge in [-0.25, -0.2) is 0 Å². The maximum atomic E-state index is 14.4. The Bertz CT molecular complexity index is 1720. The molecule has 1 fully saturated rings. The first-order valence-electron chi connectivity index (χ1n) is 16.4. The second-order valence-corrected chi connectivity index (χ2v) is 12.6. The van der Waals surface area contributed by atoms with Crippen LogP contribution in [0.3, 0.4) is 0 Å². The van der Waals surface area contributed by atoms with Crippen LogP contribution in [0.15, 0.2) is 97.1 Å². The average Bonchev–Trinajstić information content (AvgIpc) is 3.08. The number of rotatable bonds is 13. The summed E-state index contributed by atoms with van der Waals surface area (Å²) in [6.07, 6.45) is 6.17. The highest BCUT2D eigenvalue weighted by atomic mass is 35.5. The maximum Gasteiger partial charge on any atom is 0.246 e. The fraction of sp³-hybridized carbons (Fsp3) is 0.308. The van der Waals surface area contributed by atoms with E-state index in [1.165, 1.54) is 22.4 Å². The van der Waals surface area contributed by atoms with Crippen LogP contribution in [0.1, 0.15) is 41.5 Å². The third-order valence-electron chi connectivity index (χ3n) is 8.85. The SMILES string of the molecule is Cc1cc(Cl)ccc1C[C@@H](NC(=O)/C=C/c1ccccc1)C(=O)N1CCN(CCc2ccc3ccccc3c2)C(=O)C1CCCCN. The number of halogens is 1. The largest absolute Gasteiger partial charge is 0.340 e. The molecule has 4 aromatic rings. The van der Waals surface area contributed by atoms with E-state index in [0.29, 0.717) is 37.6 Å². The molecule has 0 spiro atoms. The quantitative estimate of drug-likeness (QED) is 0.138. The van der Waals surface area contributed by atoms with Gasteiger partial charge in [0.2, 0.25) is 17.7 Å². The Balaban J connectivity index is 1.34. The summed E-state index contributed by atoms with van der Waals surface area (Å²) in [7, 11) is 0. The number of unbranched alkanes of at least 4 members (excludes halogenated alkanes) is 1. The first-order valence-corrected chi connectivity index (χ1v) is 16.8. The molecule has 5 rings (SSSR count). The summed E-state index contributed by atoms with van der Waals surface area (Å²) in [5.41, 5.74) is 9.67. The van der Waals surface area contributed by atoms with Crippen LogP contribution in [0.25, 0.3) is 16.8 Å². The molecular weight excluding hydrogens is 608 g/mol. The Morgan fingerprint density at radius 2 is 1.72 bits per heavy atom. The zero-order valence-electron chi connectivity index (χ0n) is 26.9. The monoisotopic (exact) mass is 650 g/mol. The number of piperazine rings is 1. The molecule has 0 saturated carbocycles. The number of nitrogens with one attached hydrogen (secondary N) is 1. The second-order valence-electron chi connectivity index (χ2n) is 12.2. The summed E-state index contributed by atoms with van der Waals surface area (Å²) in [6, 6.07) is 28.2. The first kappa shape index (κ1) is 33.9. The molecule has 244 valence electrons. The van der Waals surface area contributed by atoms with Gasteiger partial charge in [-0.05, 0) is 90.4 Å². The molecule has 8 heteroatoms. The molecule has 7 nitrogen and oxygen atoms in total. The van der Waals surface area contributed by atoms with Gasteiger partial charge in [-0.1, -0.05) is 90.5 Å². The van der Waals surface area contributed by atoms with E-state index < -0.39 is 12.1 Å². The molecule has 1 saturated heterocycles. The van der Waals surface area contributed by atoms with Crippen LogP contribution in [0, 0.1) is 6.92 Å². The van der Waals surface area contributed by atoms with Crippen LogP contribution in [0.5, 0.6) is 0 Å².